The first-order valence-corrected chi connectivity index (χ1v) is 7.53. The van der Waals surface area contributed by atoms with E-state index in [9.17, 15) is 0 Å². The van der Waals surface area contributed by atoms with Gasteiger partial charge in [-0.25, -0.2) is 0 Å². The summed E-state index contributed by atoms with van der Waals surface area (Å²) in [6.45, 7) is 8.55. The molecule has 0 saturated heterocycles. The average molecular weight is 238 g/mol. The van der Waals surface area contributed by atoms with Crippen molar-refractivity contribution in [3.05, 3.63) is 0 Å². The monoisotopic (exact) mass is 238 g/mol. The van der Waals surface area contributed by atoms with Crippen LogP contribution < -0.4 is 5.32 Å². The lowest BCUT2D eigenvalue weighted by molar-refractivity contribution is 0.138. The molecule has 1 N–H and O–H groups in total. The molecular weight excluding hydrogens is 208 g/mol. The molecule has 0 bridgehead atoms. The van der Waals surface area contributed by atoms with Gasteiger partial charge in [0.05, 0.1) is 0 Å². The Kier molecular flexibility index (Phi) is 4.48. The van der Waals surface area contributed by atoms with Gasteiger partial charge in [0.2, 0.25) is 0 Å². The van der Waals surface area contributed by atoms with Crippen molar-refractivity contribution in [3.63, 3.8) is 0 Å². The minimum absolute atomic E-state index is 0.459. The zero-order valence-electron chi connectivity index (χ0n) is 12.0. The molecule has 2 rings (SSSR count). The van der Waals surface area contributed by atoms with Gasteiger partial charge in [-0.05, 0) is 50.5 Å². The topological polar surface area (TPSA) is 15.3 Å². The zero-order valence-corrected chi connectivity index (χ0v) is 12.0. The van der Waals surface area contributed by atoms with Crippen LogP contribution in [0.25, 0.3) is 0 Å². The lowest BCUT2D eigenvalue weighted by atomic mass is 9.83. The molecule has 0 aromatic heterocycles. The van der Waals surface area contributed by atoms with Crippen LogP contribution in [0.15, 0.2) is 0 Å². The van der Waals surface area contributed by atoms with Gasteiger partial charge in [0, 0.05) is 25.7 Å². The van der Waals surface area contributed by atoms with Crippen LogP contribution in [-0.2, 0) is 0 Å². The van der Waals surface area contributed by atoms with Gasteiger partial charge in [-0.1, -0.05) is 20.3 Å². The van der Waals surface area contributed by atoms with Gasteiger partial charge in [-0.2, -0.15) is 0 Å². The SMILES string of the molecule is CCC(C)(CNC1CC1)CN(C)CC1CCC1. The Hall–Kier alpha value is -0.0800. The van der Waals surface area contributed by atoms with Gasteiger partial charge in [0.25, 0.3) is 0 Å². The van der Waals surface area contributed by atoms with E-state index in [-0.39, 0.29) is 0 Å². The van der Waals surface area contributed by atoms with Crippen molar-refractivity contribution in [1.29, 1.82) is 0 Å². The highest BCUT2D eigenvalue weighted by atomic mass is 15.1. The Labute approximate surface area is 107 Å². The van der Waals surface area contributed by atoms with Crippen LogP contribution in [0.4, 0.5) is 0 Å². The molecule has 1 unspecified atom stereocenters. The van der Waals surface area contributed by atoms with E-state index < -0.39 is 0 Å². The number of nitrogens with zero attached hydrogens (tertiary/aromatic N) is 1. The van der Waals surface area contributed by atoms with Crippen LogP contribution in [0, 0.1) is 11.3 Å². The summed E-state index contributed by atoms with van der Waals surface area (Å²) >= 11 is 0. The second-order valence-corrected chi connectivity index (χ2v) is 6.81. The first kappa shape index (κ1) is 13.4. The van der Waals surface area contributed by atoms with Crippen LogP contribution in [0.2, 0.25) is 0 Å². The molecular formula is C15H30N2. The Bertz CT molecular complexity index is 233. The van der Waals surface area contributed by atoms with Gasteiger partial charge in [0.1, 0.15) is 0 Å². The molecule has 0 aromatic rings. The fourth-order valence-electron chi connectivity index (χ4n) is 2.80. The van der Waals surface area contributed by atoms with Gasteiger partial charge in [0.15, 0.2) is 0 Å². The van der Waals surface area contributed by atoms with Crippen molar-refractivity contribution in [3.8, 4) is 0 Å². The lowest BCUT2D eigenvalue weighted by Crippen LogP contribution is -2.43. The lowest BCUT2D eigenvalue weighted by Gasteiger charge is -2.37. The molecule has 2 aliphatic carbocycles. The number of nitrogens with one attached hydrogen (secondary N) is 1. The highest BCUT2D eigenvalue weighted by Crippen LogP contribution is 2.29. The number of hydrogen-bond donors (Lipinski definition) is 1. The molecule has 17 heavy (non-hydrogen) atoms. The standard InChI is InChI=1S/C15H30N2/c1-4-15(2,11-16-14-8-9-14)12-17(3)10-13-6-5-7-13/h13-14,16H,4-12H2,1-3H3. The third-order valence-corrected chi connectivity index (χ3v) is 4.69. The van der Waals surface area contributed by atoms with Crippen LogP contribution in [0.1, 0.15) is 52.4 Å². The van der Waals surface area contributed by atoms with Gasteiger partial charge in [-0.3, -0.25) is 0 Å². The largest absolute Gasteiger partial charge is 0.313 e. The predicted molar refractivity (Wildman–Crippen MR) is 74.3 cm³/mol. The first-order valence-electron chi connectivity index (χ1n) is 7.53. The molecule has 0 heterocycles. The molecule has 0 spiro atoms. The van der Waals surface area contributed by atoms with Crippen molar-refractivity contribution in [2.45, 2.75) is 58.4 Å². The quantitative estimate of drug-likeness (QED) is 0.699. The average Bonchev–Trinajstić information content (AvgIpc) is 3.05. The van der Waals surface area contributed by atoms with Crippen molar-refractivity contribution in [2.75, 3.05) is 26.7 Å². The fraction of sp³-hybridized carbons (Fsp3) is 1.00. The summed E-state index contributed by atoms with van der Waals surface area (Å²) in [5, 5.41) is 3.71. The van der Waals surface area contributed by atoms with E-state index in [0.29, 0.717) is 5.41 Å². The molecule has 2 aliphatic rings. The normalized spacial score (nSPS) is 24.7. The Morgan fingerprint density at radius 3 is 2.41 bits per heavy atom. The van der Waals surface area contributed by atoms with Crippen LogP contribution in [-0.4, -0.2) is 37.6 Å². The second kappa shape index (κ2) is 5.71. The summed E-state index contributed by atoms with van der Waals surface area (Å²) in [7, 11) is 2.31. The van der Waals surface area contributed by atoms with Gasteiger partial charge >= 0.3 is 0 Å². The molecule has 2 saturated carbocycles. The van der Waals surface area contributed by atoms with Crippen LogP contribution >= 0.6 is 0 Å². The summed E-state index contributed by atoms with van der Waals surface area (Å²) in [6, 6.07) is 0.845. The number of hydrogen-bond acceptors (Lipinski definition) is 2. The van der Waals surface area contributed by atoms with Crippen LogP contribution in [0.3, 0.4) is 0 Å². The third kappa shape index (κ3) is 4.26. The van der Waals surface area contributed by atoms with E-state index >= 15 is 0 Å². The third-order valence-electron chi connectivity index (χ3n) is 4.69. The van der Waals surface area contributed by atoms with Gasteiger partial charge in [-0.15, -0.1) is 0 Å². The van der Waals surface area contributed by atoms with E-state index in [1.54, 1.807) is 0 Å². The van der Waals surface area contributed by atoms with Gasteiger partial charge < -0.3 is 10.2 Å². The van der Waals surface area contributed by atoms with Crippen molar-refractivity contribution in [1.82, 2.24) is 10.2 Å². The fourth-order valence-corrected chi connectivity index (χ4v) is 2.80. The maximum Gasteiger partial charge on any atom is 0.00684 e. The summed E-state index contributed by atoms with van der Waals surface area (Å²) in [5.74, 6) is 0.998. The molecule has 2 nitrogen and oxygen atoms in total. The molecule has 0 aliphatic heterocycles. The molecule has 0 aromatic carbocycles. The maximum absolute atomic E-state index is 3.71. The highest BCUT2D eigenvalue weighted by Gasteiger charge is 2.29. The Morgan fingerprint density at radius 1 is 1.24 bits per heavy atom. The molecule has 0 amide bonds. The zero-order chi connectivity index (χ0) is 12.3. The van der Waals surface area contributed by atoms with Crippen molar-refractivity contribution >= 4 is 0 Å². The van der Waals surface area contributed by atoms with Crippen molar-refractivity contribution in [2.24, 2.45) is 11.3 Å². The minimum Gasteiger partial charge on any atom is -0.313 e. The highest BCUT2D eigenvalue weighted by molar-refractivity contribution is 4.87. The van der Waals surface area contributed by atoms with E-state index in [1.807, 2.05) is 0 Å². The summed E-state index contributed by atoms with van der Waals surface area (Å²) < 4.78 is 0. The summed E-state index contributed by atoms with van der Waals surface area (Å²) in [6.07, 6.45) is 8.48. The number of rotatable bonds is 8. The molecule has 1 atom stereocenters. The molecule has 2 heteroatoms. The van der Waals surface area contributed by atoms with E-state index in [0.717, 1.165) is 12.0 Å². The predicted octanol–water partition coefficient (Wildman–Crippen LogP) is 2.89. The Balaban J connectivity index is 1.70. The maximum atomic E-state index is 3.71. The molecule has 0 radical (unpaired) electrons. The first-order chi connectivity index (χ1) is 8.11. The molecule has 100 valence electrons. The molecule has 2 fully saturated rings. The van der Waals surface area contributed by atoms with Crippen molar-refractivity contribution < 1.29 is 0 Å². The van der Waals surface area contributed by atoms with E-state index in [1.165, 1.54) is 58.2 Å². The summed E-state index contributed by atoms with van der Waals surface area (Å²) in [4.78, 5) is 2.57. The summed E-state index contributed by atoms with van der Waals surface area (Å²) in [5.41, 5.74) is 0.459. The Morgan fingerprint density at radius 2 is 1.94 bits per heavy atom. The second-order valence-electron chi connectivity index (χ2n) is 6.81. The van der Waals surface area contributed by atoms with E-state index in [2.05, 4.69) is 31.1 Å². The smallest absolute Gasteiger partial charge is 0.00684 e. The van der Waals surface area contributed by atoms with E-state index in [4.69, 9.17) is 0 Å². The minimum atomic E-state index is 0.459. The van der Waals surface area contributed by atoms with Crippen LogP contribution in [0.5, 0.6) is 0 Å².